The number of fused-ring (bicyclic) bond motifs is 1. The SMILES string of the molecule is CCNC(=O)N1C[C@@H]2OCC(=O)N(CC3CC3)[C@@H]2C1. The van der Waals surface area contributed by atoms with Gasteiger partial charge in [-0.15, -0.1) is 0 Å². The van der Waals surface area contributed by atoms with Crippen molar-refractivity contribution in [1.82, 2.24) is 15.1 Å². The van der Waals surface area contributed by atoms with Gasteiger partial charge in [0.15, 0.2) is 0 Å². The molecule has 0 unspecified atom stereocenters. The van der Waals surface area contributed by atoms with Crippen LogP contribution in [0.1, 0.15) is 19.8 Å². The van der Waals surface area contributed by atoms with E-state index in [0.29, 0.717) is 25.6 Å². The normalized spacial score (nSPS) is 30.5. The molecule has 0 bridgehead atoms. The second-order valence-electron chi connectivity index (χ2n) is 5.65. The van der Waals surface area contributed by atoms with E-state index in [1.807, 2.05) is 11.8 Å². The number of urea groups is 1. The number of nitrogens with one attached hydrogen (secondary N) is 1. The summed E-state index contributed by atoms with van der Waals surface area (Å²) in [4.78, 5) is 27.6. The Labute approximate surface area is 113 Å². The van der Waals surface area contributed by atoms with E-state index in [1.54, 1.807) is 4.90 Å². The van der Waals surface area contributed by atoms with E-state index in [4.69, 9.17) is 4.74 Å². The summed E-state index contributed by atoms with van der Waals surface area (Å²) in [5, 5.41) is 2.80. The minimum Gasteiger partial charge on any atom is -0.364 e. The smallest absolute Gasteiger partial charge is 0.317 e. The third kappa shape index (κ3) is 2.54. The number of carbonyl (C=O) groups is 2. The van der Waals surface area contributed by atoms with Crippen molar-refractivity contribution in [1.29, 1.82) is 0 Å². The Bertz CT molecular complexity index is 383. The second-order valence-corrected chi connectivity index (χ2v) is 5.65. The number of likely N-dealkylation sites (tertiary alicyclic amines) is 1. The predicted molar refractivity (Wildman–Crippen MR) is 68.6 cm³/mol. The van der Waals surface area contributed by atoms with Crippen LogP contribution in [0.4, 0.5) is 4.79 Å². The van der Waals surface area contributed by atoms with E-state index in [1.165, 1.54) is 12.8 Å². The first kappa shape index (κ1) is 12.7. The molecule has 0 aromatic carbocycles. The molecule has 2 atom stereocenters. The largest absolute Gasteiger partial charge is 0.364 e. The second kappa shape index (κ2) is 5.00. The molecule has 1 aliphatic carbocycles. The summed E-state index contributed by atoms with van der Waals surface area (Å²) >= 11 is 0. The molecule has 3 fully saturated rings. The Morgan fingerprint density at radius 3 is 2.89 bits per heavy atom. The molecule has 2 aliphatic heterocycles. The van der Waals surface area contributed by atoms with Gasteiger partial charge in [0.1, 0.15) is 6.61 Å². The molecule has 2 saturated heterocycles. The average molecular weight is 267 g/mol. The molecule has 3 aliphatic rings. The van der Waals surface area contributed by atoms with Gasteiger partial charge in [-0.25, -0.2) is 4.79 Å². The average Bonchev–Trinajstić information content (AvgIpc) is 3.10. The molecule has 2 heterocycles. The number of hydrogen-bond donors (Lipinski definition) is 1. The third-order valence-corrected chi connectivity index (χ3v) is 4.15. The van der Waals surface area contributed by atoms with E-state index in [-0.39, 0.29) is 30.7 Å². The Balaban J connectivity index is 1.66. The van der Waals surface area contributed by atoms with Crippen molar-refractivity contribution >= 4 is 11.9 Å². The highest BCUT2D eigenvalue weighted by Crippen LogP contribution is 2.33. The lowest BCUT2D eigenvalue weighted by atomic mass is 10.1. The Kier molecular flexibility index (Phi) is 3.35. The van der Waals surface area contributed by atoms with Crippen LogP contribution in [-0.4, -0.2) is 66.7 Å². The molecule has 0 aromatic rings. The molecule has 1 saturated carbocycles. The summed E-state index contributed by atoms with van der Waals surface area (Å²) in [6.45, 7) is 4.71. The molecule has 19 heavy (non-hydrogen) atoms. The van der Waals surface area contributed by atoms with Gasteiger partial charge in [0.05, 0.1) is 18.7 Å². The first-order valence-corrected chi connectivity index (χ1v) is 7.13. The van der Waals surface area contributed by atoms with Gasteiger partial charge in [-0.1, -0.05) is 0 Å². The van der Waals surface area contributed by atoms with Crippen LogP contribution < -0.4 is 5.32 Å². The minimum absolute atomic E-state index is 0.0148. The molecular formula is C13H21N3O3. The summed E-state index contributed by atoms with van der Waals surface area (Å²) < 4.78 is 5.59. The van der Waals surface area contributed by atoms with Crippen LogP contribution >= 0.6 is 0 Å². The quantitative estimate of drug-likeness (QED) is 0.785. The van der Waals surface area contributed by atoms with Gasteiger partial charge in [0, 0.05) is 19.6 Å². The minimum atomic E-state index is -0.0562. The van der Waals surface area contributed by atoms with E-state index < -0.39 is 0 Å². The lowest BCUT2D eigenvalue weighted by molar-refractivity contribution is -0.153. The Morgan fingerprint density at radius 2 is 2.21 bits per heavy atom. The summed E-state index contributed by atoms with van der Waals surface area (Å²) in [5.41, 5.74) is 0. The van der Waals surface area contributed by atoms with E-state index in [9.17, 15) is 9.59 Å². The molecule has 3 amide bonds. The fourth-order valence-electron chi connectivity index (χ4n) is 2.91. The molecule has 6 nitrogen and oxygen atoms in total. The molecular weight excluding hydrogens is 246 g/mol. The highest BCUT2D eigenvalue weighted by atomic mass is 16.5. The topological polar surface area (TPSA) is 61.9 Å². The maximum Gasteiger partial charge on any atom is 0.317 e. The monoisotopic (exact) mass is 267 g/mol. The van der Waals surface area contributed by atoms with Gasteiger partial charge in [-0.2, -0.15) is 0 Å². The number of rotatable bonds is 3. The van der Waals surface area contributed by atoms with E-state index >= 15 is 0 Å². The van der Waals surface area contributed by atoms with Crippen LogP contribution in [-0.2, 0) is 9.53 Å². The van der Waals surface area contributed by atoms with Crippen LogP contribution in [0.25, 0.3) is 0 Å². The van der Waals surface area contributed by atoms with Crippen LogP contribution in [0.5, 0.6) is 0 Å². The van der Waals surface area contributed by atoms with Crippen LogP contribution in [0.2, 0.25) is 0 Å². The number of carbonyl (C=O) groups excluding carboxylic acids is 2. The standard InChI is InChI=1S/C13H21N3O3/c1-2-14-13(18)15-6-10-11(7-15)19-8-12(17)16(10)5-9-3-4-9/h9-11H,2-8H2,1H3,(H,14,18)/t10-,11+/m1/s1. The van der Waals surface area contributed by atoms with Crippen LogP contribution in [0, 0.1) is 5.92 Å². The zero-order valence-corrected chi connectivity index (χ0v) is 11.3. The van der Waals surface area contributed by atoms with Crippen LogP contribution in [0.15, 0.2) is 0 Å². The van der Waals surface area contributed by atoms with Crippen molar-refractivity contribution in [3.8, 4) is 0 Å². The molecule has 1 N–H and O–H groups in total. The van der Waals surface area contributed by atoms with Gasteiger partial charge >= 0.3 is 6.03 Å². The number of nitrogens with zero attached hydrogens (tertiary/aromatic N) is 2. The van der Waals surface area contributed by atoms with Gasteiger partial charge in [-0.05, 0) is 25.7 Å². The molecule has 6 heteroatoms. The highest BCUT2D eigenvalue weighted by Gasteiger charge is 2.45. The Morgan fingerprint density at radius 1 is 1.42 bits per heavy atom. The highest BCUT2D eigenvalue weighted by molar-refractivity contribution is 5.79. The van der Waals surface area contributed by atoms with Crippen molar-refractivity contribution in [2.24, 2.45) is 5.92 Å². The van der Waals surface area contributed by atoms with Gasteiger partial charge in [0.2, 0.25) is 5.91 Å². The summed E-state index contributed by atoms with van der Waals surface area (Å²) in [7, 11) is 0. The summed E-state index contributed by atoms with van der Waals surface area (Å²) in [5.74, 6) is 0.743. The van der Waals surface area contributed by atoms with Gasteiger partial charge < -0.3 is 19.9 Å². The Hall–Kier alpha value is -1.30. The number of ether oxygens (including phenoxy) is 1. The van der Waals surface area contributed by atoms with Crippen LogP contribution in [0.3, 0.4) is 0 Å². The summed E-state index contributed by atoms with van der Waals surface area (Å²) in [6.07, 6.45) is 2.43. The maximum absolute atomic E-state index is 12.0. The van der Waals surface area contributed by atoms with Crippen molar-refractivity contribution < 1.29 is 14.3 Å². The van der Waals surface area contributed by atoms with Crippen molar-refractivity contribution in [2.75, 3.05) is 32.8 Å². The molecule has 0 aromatic heterocycles. The summed E-state index contributed by atoms with van der Waals surface area (Å²) in [6, 6.07) is -0.0104. The van der Waals surface area contributed by atoms with E-state index in [0.717, 1.165) is 6.54 Å². The molecule has 3 rings (SSSR count). The lowest BCUT2D eigenvalue weighted by Crippen LogP contribution is -2.54. The van der Waals surface area contributed by atoms with Crippen molar-refractivity contribution in [3.63, 3.8) is 0 Å². The molecule has 106 valence electrons. The van der Waals surface area contributed by atoms with E-state index in [2.05, 4.69) is 5.32 Å². The van der Waals surface area contributed by atoms with Crippen molar-refractivity contribution in [2.45, 2.75) is 31.9 Å². The molecule has 0 radical (unpaired) electrons. The van der Waals surface area contributed by atoms with Gasteiger partial charge in [-0.3, -0.25) is 4.79 Å². The zero-order valence-electron chi connectivity index (χ0n) is 11.3. The maximum atomic E-state index is 12.0. The zero-order chi connectivity index (χ0) is 13.4. The number of hydrogen-bond acceptors (Lipinski definition) is 3. The number of morpholine rings is 1. The molecule has 0 spiro atoms. The third-order valence-electron chi connectivity index (χ3n) is 4.15. The number of amides is 3. The lowest BCUT2D eigenvalue weighted by Gasteiger charge is -2.36. The fraction of sp³-hybridized carbons (Fsp3) is 0.846. The van der Waals surface area contributed by atoms with Crippen molar-refractivity contribution in [3.05, 3.63) is 0 Å². The first-order chi connectivity index (χ1) is 9.19. The predicted octanol–water partition coefficient (Wildman–Crippen LogP) is 0.0375. The first-order valence-electron chi connectivity index (χ1n) is 7.13. The van der Waals surface area contributed by atoms with Gasteiger partial charge in [0.25, 0.3) is 0 Å². The fourth-order valence-corrected chi connectivity index (χ4v) is 2.91.